The lowest BCUT2D eigenvalue weighted by Gasteiger charge is -2.45. The zero-order valence-corrected chi connectivity index (χ0v) is 17.1. The number of sulfonamides is 1. The molecule has 2 aromatic carbocycles. The summed E-state index contributed by atoms with van der Waals surface area (Å²) in [6.45, 7) is 2.12. The molecule has 3 heterocycles. The topological polar surface area (TPSA) is 87.7 Å². The second-order valence-electron chi connectivity index (χ2n) is 7.70. The number of para-hydroxylation sites is 2. The Kier molecular flexibility index (Phi) is 5.47. The van der Waals surface area contributed by atoms with E-state index in [1.165, 1.54) is 12.8 Å². The number of carbonyl (C=O) groups excluding carboxylic acids is 1. The van der Waals surface area contributed by atoms with E-state index in [2.05, 4.69) is 14.9 Å². The lowest BCUT2D eigenvalue weighted by Crippen LogP contribution is -2.56. The summed E-state index contributed by atoms with van der Waals surface area (Å²) in [5.41, 5.74) is 0.931. The monoisotopic (exact) mass is 415 g/mol. The van der Waals surface area contributed by atoms with Crippen molar-refractivity contribution in [3.63, 3.8) is 0 Å². The Hall–Kier alpha value is -2.58. The van der Waals surface area contributed by atoms with Gasteiger partial charge in [-0.1, -0.05) is 12.1 Å². The molecule has 1 amide bonds. The molecule has 7 nitrogen and oxygen atoms in total. The summed E-state index contributed by atoms with van der Waals surface area (Å²) in [5, 5.41) is 3.14. The summed E-state index contributed by atoms with van der Waals surface area (Å²) >= 11 is 0. The van der Waals surface area contributed by atoms with Crippen molar-refractivity contribution in [2.75, 3.05) is 24.1 Å². The van der Waals surface area contributed by atoms with Crippen LogP contribution in [0.2, 0.25) is 0 Å². The summed E-state index contributed by atoms with van der Waals surface area (Å²) in [6.07, 6.45) is 4.70. The molecule has 2 N–H and O–H groups in total. The van der Waals surface area contributed by atoms with Gasteiger partial charge in [-0.15, -0.1) is 0 Å². The number of benzene rings is 2. The van der Waals surface area contributed by atoms with Crippen molar-refractivity contribution < 1.29 is 17.9 Å². The van der Waals surface area contributed by atoms with Gasteiger partial charge < -0.3 is 10.1 Å². The molecule has 1 unspecified atom stereocenters. The maximum atomic E-state index is 12.6. The molecule has 2 aromatic rings. The molecule has 0 spiro atoms. The van der Waals surface area contributed by atoms with E-state index in [0.29, 0.717) is 22.7 Å². The van der Waals surface area contributed by atoms with E-state index in [1.807, 2.05) is 0 Å². The second-order valence-corrected chi connectivity index (χ2v) is 9.45. The van der Waals surface area contributed by atoms with Crippen LogP contribution >= 0.6 is 0 Å². The van der Waals surface area contributed by atoms with Gasteiger partial charge in [0.15, 0.2) is 5.75 Å². The molecule has 8 heteroatoms. The van der Waals surface area contributed by atoms with E-state index in [9.17, 15) is 13.2 Å². The van der Waals surface area contributed by atoms with Crippen LogP contribution < -0.4 is 14.8 Å². The van der Waals surface area contributed by atoms with Crippen LogP contribution in [0.5, 0.6) is 11.5 Å². The number of ether oxygens (including phenoxy) is 1. The molecule has 3 aliphatic rings. The fourth-order valence-electron chi connectivity index (χ4n) is 3.99. The van der Waals surface area contributed by atoms with E-state index < -0.39 is 10.0 Å². The lowest BCUT2D eigenvalue weighted by atomic mass is 9.86. The van der Waals surface area contributed by atoms with Gasteiger partial charge in [-0.2, -0.15) is 0 Å². The van der Waals surface area contributed by atoms with Crippen LogP contribution in [-0.4, -0.2) is 44.7 Å². The van der Waals surface area contributed by atoms with Gasteiger partial charge in [-0.25, -0.2) is 8.42 Å². The summed E-state index contributed by atoms with van der Waals surface area (Å²) < 4.78 is 31.3. The molecular weight excluding hydrogens is 390 g/mol. The van der Waals surface area contributed by atoms with Crippen LogP contribution in [0.3, 0.4) is 0 Å². The quantitative estimate of drug-likeness (QED) is 0.757. The number of fused-ring (bicyclic) bond motifs is 3. The van der Waals surface area contributed by atoms with E-state index in [1.54, 1.807) is 48.5 Å². The normalized spacial score (nSPS) is 23.4. The predicted octanol–water partition coefficient (Wildman–Crippen LogP) is 3.02. The van der Waals surface area contributed by atoms with Crippen molar-refractivity contribution in [2.45, 2.75) is 25.4 Å². The number of rotatable bonds is 6. The number of piperidine rings is 3. The van der Waals surface area contributed by atoms with Crippen LogP contribution in [0.4, 0.5) is 5.69 Å². The third-order valence-electron chi connectivity index (χ3n) is 5.47. The summed E-state index contributed by atoms with van der Waals surface area (Å²) in [4.78, 5) is 15.0. The van der Waals surface area contributed by atoms with Gasteiger partial charge in [-0.3, -0.25) is 14.4 Å². The van der Waals surface area contributed by atoms with Gasteiger partial charge in [0.1, 0.15) is 5.75 Å². The standard InChI is InChI=1S/C21H25N3O4S/c1-29(26,27)23-18-4-2-3-5-19(18)28-17-8-6-16(7-9-17)21(25)22-20-14-15-10-12-24(20)13-11-15/h2-9,15,20,23H,10-14H2,1H3,(H,22,25). The molecule has 154 valence electrons. The lowest BCUT2D eigenvalue weighted by molar-refractivity contribution is 0.0295. The van der Waals surface area contributed by atoms with Crippen LogP contribution in [-0.2, 0) is 10.0 Å². The van der Waals surface area contributed by atoms with Crippen molar-refractivity contribution in [1.82, 2.24) is 10.2 Å². The minimum atomic E-state index is -3.41. The first kappa shape index (κ1) is 19.7. The molecule has 3 saturated heterocycles. The number of anilines is 1. The number of hydrogen-bond donors (Lipinski definition) is 2. The summed E-state index contributed by atoms with van der Waals surface area (Å²) in [6, 6.07) is 13.6. The third-order valence-corrected chi connectivity index (χ3v) is 6.06. The highest BCUT2D eigenvalue weighted by atomic mass is 32.2. The van der Waals surface area contributed by atoms with Gasteiger partial charge in [0.25, 0.3) is 5.91 Å². The number of nitrogens with zero attached hydrogens (tertiary/aromatic N) is 1. The first-order chi connectivity index (χ1) is 13.9. The smallest absolute Gasteiger partial charge is 0.252 e. The molecule has 2 bridgehead atoms. The first-order valence-corrected chi connectivity index (χ1v) is 11.7. The number of carbonyl (C=O) groups is 1. The number of hydrogen-bond acceptors (Lipinski definition) is 5. The van der Waals surface area contributed by atoms with Crippen molar-refractivity contribution in [1.29, 1.82) is 0 Å². The zero-order valence-electron chi connectivity index (χ0n) is 16.3. The summed E-state index contributed by atoms with van der Waals surface area (Å²) in [7, 11) is -3.41. The van der Waals surface area contributed by atoms with Crippen LogP contribution in [0, 0.1) is 5.92 Å². The first-order valence-electron chi connectivity index (χ1n) is 9.77. The largest absolute Gasteiger partial charge is 0.455 e. The van der Waals surface area contributed by atoms with E-state index >= 15 is 0 Å². The Balaban J connectivity index is 1.41. The van der Waals surface area contributed by atoms with Crippen LogP contribution in [0.1, 0.15) is 29.6 Å². The molecule has 0 saturated carbocycles. The average Bonchev–Trinajstić information content (AvgIpc) is 2.70. The van der Waals surface area contributed by atoms with Crippen molar-refractivity contribution in [3.05, 3.63) is 54.1 Å². The highest BCUT2D eigenvalue weighted by molar-refractivity contribution is 7.92. The van der Waals surface area contributed by atoms with E-state index in [0.717, 1.165) is 31.7 Å². The highest BCUT2D eigenvalue weighted by Gasteiger charge is 2.34. The third kappa shape index (κ3) is 4.89. The Labute approximate surface area is 171 Å². The van der Waals surface area contributed by atoms with Crippen LogP contribution in [0.25, 0.3) is 0 Å². The molecule has 0 radical (unpaired) electrons. The average molecular weight is 416 g/mol. The Bertz CT molecular complexity index is 983. The molecule has 29 heavy (non-hydrogen) atoms. The number of amides is 1. The molecule has 3 aliphatic heterocycles. The van der Waals surface area contributed by atoms with Gasteiger partial charge in [0.2, 0.25) is 10.0 Å². The minimum absolute atomic E-state index is 0.0896. The summed E-state index contributed by atoms with van der Waals surface area (Å²) in [5.74, 6) is 1.54. The van der Waals surface area contributed by atoms with E-state index in [4.69, 9.17) is 4.74 Å². The highest BCUT2D eigenvalue weighted by Crippen LogP contribution is 2.31. The zero-order chi connectivity index (χ0) is 20.4. The molecule has 5 rings (SSSR count). The molecule has 3 fully saturated rings. The maximum absolute atomic E-state index is 12.6. The minimum Gasteiger partial charge on any atom is -0.455 e. The maximum Gasteiger partial charge on any atom is 0.252 e. The van der Waals surface area contributed by atoms with E-state index in [-0.39, 0.29) is 12.1 Å². The van der Waals surface area contributed by atoms with Gasteiger partial charge in [0.05, 0.1) is 18.1 Å². The van der Waals surface area contributed by atoms with Crippen molar-refractivity contribution in [2.24, 2.45) is 5.92 Å². The van der Waals surface area contributed by atoms with Crippen molar-refractivity contribution >= 4 is 21.6 Å². The molecule has 1 atom stereocenters. The SMILES string of the molecule is CS(=O)(=O)Nc1ccccc1Oc1ccc(C(=O)NC2CC3CCN2CC3)cc1. The number of nitrogens with one attached hydrogen (secondary N) is 2. The van der Waals surface area contributed by atoms with Gasteiger partial charge >= 0.3 is 0 Å². The van der Waals surface area contributed by atoms with Gasteiger partial charge in [-0.05, 0) is 61.6 Å². The van der Waals surface area contributed by atoms with Crippen LogP contribution in [0.15, 0.2) is 48.5 Å². The molecular formula is C21H25N3O4S. The fraction of sp³-hybridized carbons (Fsp3) is 0.381. The van der Waals surface area contributed by atoms with Gasteiger partial charge in [0, 0.05) is 18.7 Å². The Morgan fingerprint density at radius 1 is 1.07 bits per heavy atom. The van der Waals surface area contributed by atoms with Crippen molar-refractivity contribution in [3.8, 4) is 11.5 Å². The fourth-order valence-corrected chi connectivity index (χ4v) is 4.56. The Morgan fingerprint density at radius 3 is 2.38 bits per heavy atom. The Morgan fingerprint density at radius 2 is 1.76 bits per heavy atom. The molecule has 0 aromatic heterocycles. The predicted molar refractivity (Wildman–Crippen MR) is 112 cm³/mol. The molecule has 0 aliphatic carbocycles. The second kappa shape index (κ2) is 8.04.